The number of hydrogen-bond acceptors (Lipinski definition) is 2. The van der Waals surface area contributed by atoms with Crippen LogP contribution in [0.3, 0.4) is 0 Å². The van der Waals surface area contributed by atoms with E-state index in [-0.39, 0.29) is 0 Å². The van der Waals surface area contributed by atoms with Crippen LogP contribution < -0.4 is 5.32 Å². The SMILES string of the molecule is CCNC(=NCCC1CCCC1)N1CCC(c2cnn(C)c2)C1. The minimum absolute atomic E-state index is 0.586. The number of likely N-dealkylation sites (tertiary alicyclic amines) is 1. The van der Waals surface area contributed by atoms with Crippen molar-refractivity contribution in [2.75, 3.05) is 26.2 Å². The molecule has 5 nitrogen and oxygen atoms in total. The van der Waals surface area contributed by atoms with Crippen molar-refractivity contribution in [3.63, 3.8) is 0 Å². The van der Waals surface area contributed by atoms with E-state index in [1.807, 2.05) is 17.9 Å². The van der Waals surface area contributed by atoms with Crippen molar-refractivity contribution in [2.24, 2.45) is 18.0 Å². The molecule has 1 atom stereocenters. The lowest BCUT2D eigenvalue weighted by atomic mass is 10.0. The van der Waals surface area contributed by atoms with Gasteiger partial charge in [0.05, 0.1) is 6.20 Å². The molecule has 0 radical (unpaired) electrons. The number of guanidine groups is 1. The molecule has 3 rings (SSSR count). The van der Waals surface area contributed by atoms with Crippen molar-refractivity contribution in [3.8, 4) is 0 Å². The maximum atomic E-state index is 4.90. The van der Waals surface area contributed by atoms with E-state index in [0.717, 1.165) is 38.1 Å². The summed E-state index contributed by atoms with van der Waals surface area (Å²) in [5.74, 6) is 2.61. The molecule has 0 aromatic carbocycles. The van der Waals surface area contributed by atoms with E-state index in [0.29, 0.717) is 5.92 Å². The zero-order chi connectivity index (χ0) is 16.1. The molecule has 0 bridgehead atoms. The van der Waals surface area contributed by atoms with Crippen molar-refractivity contribution in [2.45, 2.75) is 51.4 Å². The van der Waals surface area contributed by atoms with Crippen molar-refractivity contribution in [1.29, 1.82) is 0 Å². The highest BCUT2D eigenvalue weighted by atomic mass is 15.3. The largest absolute Gasteiger partial charge is 0.357 e. The first-order valence-corrected chi connectivity index (χ1v) is 9.28. The molecule has 1 N–H and O–H groups in total. The third kappa shape index (κ3) is 4.27. The van der Waals surface area contributed by atoms with E-state index in [1.165, 1.54) is 44.1 Å². The Labute approximate surface area is 140 Å². The van der Waals surface area contributed by atoms with Crippen LogP contribution in [0.2, 0.25) is 0 Å². The van der Waals surface area contributed by atoms with Crippen LogP contribution in [0.1, 0.15) is 56.9 Å². The smallest absolute Gasteiger partial charge is 0.193 e. The lowest BCUT2D eigenvalue weighted by Crippen LogP contribution is -2.40. The summed E-state index contributed by atoms with van der Waals surface area (Å²) >= 11 is 0. The van der Waals surface area contributed by atoms with Gasteiger partial charge in [0.2, 0.25) is 0 Å². The maximum absolute atomic E-state index is 4.90. The van der Waals surface area contributed by atoms with Crippen LogP contribution in [0.4, 0.5) is 0 Å². The number of aromatic nitrogens is 2. The topological polar surface area (TPSA) is 45.5 Å². The first kappa shape index (κ1) is 16.3. The predicted molar refractivity (Wildman–Crippen MR) is 94.7 cm³/mol. The summed E-state index contributed by atoms with van der Waals surface area (Å²) in [5.41, 5.74) is 1.36. The molecule has 1 aliphatic carbocycles. The Morgan fingerprint density at radius 1 is 1.35 bits per heavy atom. The quantitative estimate of drug-likeness (QED) is 0.671. The number of aliphatic imine (C=N–C) groups is 1. The van der Waals surface area contributed by atoms with Crippen LogP contribution >= 0.6 is 0 Å². The molecule has 1 saturated carbocycles. The first-order valence-electron chi connectivity index (χ1n) is 9.28. The van der Waals surface area contributed by atoms with E-state index in [4.69, 9.17) is 4.99 Å². The third-order valence-electron chi connectivity index (χ3n) is 5.29. The highest BCUT2D eigenvalue weighted by molar-refractivity contribution is 5.80. The van der Waals surface area contributed by atoms with Crippen molar-refractivity contribution < 1.29 is 0 Å². The summed E-state index contributed by atoms with van der Waals surface area (Å²) in [7, 11) is 1.99. The normalized spacial score (nSPS) is 23.0. The molecule has 2 heterocycles. The summed E-state index contributed by atoms with van der Waals surface area (Å²) in [6, 6.07) is 0. The van der Waals surface area contributed by atoms with Gasteiger partial charge in [0.1, 0.15) is 0 Å². The third-order valence-corrected chi connectivity index (χ3v) is 5.29. The fourth-order valence-corrected chi connectivity index (χ4v) is 3.95. The minimum atomic E-state index is 0.586. The summed E-state index contributed by atoms with van der Waals surface area (Å²) in [4.78, 5) is 7.33. The molecule has 128 valence electrons. The Morgan fingerprint density at radius 2 is 2.17 bits per heavy atom. The molecule has 0 spiro atoms. The van der Waals surface area contributed by atoms with E-state index < -0.39 is 0 Å². The highest BCUT2D eigenvalue weighted by Crippen LogP contribution is 2.28. The molecule has 1 unspecified atom stereocenters. The number of aryl methyl sites for hydroxylation is 1. The fourth-order valence-electron chi connectivity index (χ4n) is 3.95. The molecule has 2 aliphatic rings. The van der Waals surface area contributed by atoms with Gasteiger partial charge in [0, 0.05) is 45.3 Å². The van der Waals surface area contributed by atoms with Gasteiger partial charge in [0.15, 0.2) is 5.96 Å². The lowest BCUT2D eigenvalue weighted by molar-refractivity contribution is 0.476. The molecule has 1 saturated heterocycles. The highest BCUT2D eigenvalue weighted by Gasteiger charge is 2.27. The van der Waals surface area contributed by atoms with Gasteiger partial charge in [-0.1, -0.05) is 25.7 Å². The van der Waals surface area contributed by atoms with Crippen LogP contribution in [-0.2, 0) is 7.05 Å². The molecule has 2 fully saturated rings. The summed E-state index contributed by atoms with van der Waals surface area (Å²) in [6.45, 7) is 6.22. The molecule has 1 aromatic rings. The van der Waals surface area contributed by atoms with Crippen molar-refractivity contribution in [3.05, 3.63) is 18.0 Å². The van der Waals surface area contributed by atoms with Gasteiger partial charge in [-0.3, -0.25) is 9.67 Å². The van der Waals surface area contributed by atoms with Crippen LogP contribution in [0, 0.1) is 5.92 Å². The molecular formula is C18H31N5. The van der Waals surface area contributed by atoms with E-state index in [2.05, 4.69) is 28.4 Å². The van der Waals surface area contributed by atoms with Crippen molar-refractivity contribution >= 4 is 5.96 Å². The number of hydrogen-bond donors (Lipinski definition) is 1. The Morgan fingerprint density at radius 3 is 2.87 bits per heavy atom. The van der Waals surface area contributed by atoms with Gasteiger partial charge >= 0.3 is 0 Å². The average molecular weight is 317 g/mol. The zero-order valence-corrected chi connectivity index (χ0v) is 14.7. The van der Waals surface area contributed by atoms with Gasteiger partial charge in [-0.15, -0.1) is 0 Å². The molecule has 1 aromatic heterocycles. The van der Waals surface area contributed by atoms with Gasteiger partial charge in [-0.25, -0.2) is 0 Å². The lowest BCUT2D eigenvalue weighted by Gasteiger charge is -2.21. The number of rotatable bonds is 5. The summed E-state index contributed by atoms with van der Waals surface area (Å²) in [5, 5.41) is 7.80. The fraction of sp³-hybridized carbons (Fsp3) is 0.778. The van der Waals surface area contributed by atoms with E-state index in [9.17, 15) is 0 Å². The monoisotopic (exact) mass is 317 g/mol. The summed E-state index contributed by atoms with van der Waals surface area (Å²) < 4.78 is 1.90. The average Bonchev–Trinajstić information content (AvgIpc) is 3.27. The Hall–Kier alpha value is -1.52. The standard InChI is InChI=1S/C18H31N5/c1-3-19-18(20-10-8-15-6-4-5-7-15)23-11-9-16(14-23)17-12-21-22(2)13-17/h12-13,15-16H,3-11,14H2,1-2H3,(H,19,20). The number of nitrogens with one attached hydrogen (secondary N) is 1. The molecular weight excluding hydrogens is 286 g/mol. The Kier molecular flexibility index (Phi) is 5.57. The Balaban J connectivity index is 1.55. The first-order chi connectivity index (χ1) is 11.3. The summed E-state index contributed by atoms with van der Waals surface area (Å²) in [6.07, 6.45) is 12.3. The second-order valence-electron chi connectivity index (χ2n) is 7.05. The van der Waals surface area contributed by atoms with Crippen LogP contribution in [0.25, 0.3) is 0 Å². The Bertz CT molecular complexity index is 515. The molecule has 1 aliphatic heterocycles. The second-order valence-corrected chi connectivity index (χ2v) is 7.05. The molecule has 5 heteroatoms. The molecule has 23 heavy (non-hydrogen) atoms. The van der Waals surface area contributed by atoms with Crippen LogP contribution in [0.5, 0.6) is 0 Å². The zero-order valence-electron chi connectivity index (χ0n) is 14.7. The van der Waals surface area contributed by atoms with Gasteiger partial charge in [-0.05, 0) is 31.2 Å². The van der Waals surface area contributed by atoms with Crippen LogP contribution in [-0.4, -0.2) is 46.8 Å². The van der Waals surface area contributed by atoms with E-state index in [1.54, 1.807) is 0 Å². The van der Waals surface area contributed by atoms with Crippen molar-refractivity contribution in [1.82, 2.24) is 20.0 Å². The van der Waals surface area contributed by atoms with Gasteiger partial charge < -0.3 is 10.2 Å². The predicted octanol–water partition coefficient (Wildman–Crippen LogP) is 2.76. The number of nitrogens with zero attached hydrogens (tertiary/aromatic N) is 4. The molecule has 0 amide bonds. The van der Waals surface area contributed by atoms with Crippen LogP contribution in [0.15, 0.2) is 17.4 Å². The second kappa shape index (κ2) is 7.84. The van der Waals surface area contributed by atoms with E-state index >= 15 is 0 Å². The minimum Gasteiger partial charge on any atom is -0.357 e. The van der Waals surface area contributed by atoms with Gasteiger partial charge in [-0.2, -0.15) is 5.10 Å². The van der Waals surface area contributed by atoms with Gasteiger partial charge in [0.25, 0.3) is 0 Å². The maximum Gasteiger partial charge on any atom is 0.193 e.